The third kappa shape index (κ3) is 8.60. The van der Waals surface area contributed by atoms with E-state index in [0.717, 1.165) is 36.0 Å². The van der Waals surface area contributed by atoms with Crippen LogP contribution in [0.3, 0.4) is 0 Å². The molecule has 47 heavy (non-hydrogen) atoms. The van der Waals surface area contributed by atoms with Crippen molar-refractivity contribution in [3.05, 3.63) is 155 Å². The predicted octanol–water partition coefficient (Wildman–Crippen LogP) is 6.48. The Morgan fingerprint density at radius 2 is 1.40 bits per heavy atom. The largest absolute Gasteiger partial charge is 0.744 e. The van der Waals surface area contributed by atoms with Crippen LogP contribution in [-0.4, -0.2) is 48.8 Å². The zero-order valence-electron chi connectivity index (χ0n) is 26.1. The molecule has 0 radical (unpaired) electrons. The molecular weight excluding hydrogens is 633 g/mol. The Morgan fingerprint density at radius 1 is 0.809 bits per heavy atom. The summed E-state index contributed by atoms with van der Waals surface area (Å²) in [6.45, 7) is 5.59. The van der Waals surface area contributed by atoms with Gasteiger partial charge in [-0.2, -0.15) is 8.42 Å². The van der Waals surface area contributed by atoms with Gasteiger partial charge in [-0.25, -0.2) is 13.0 Å². The lowest BCUT2D eigenvalue weighted by atomic mass is 9.90. The van der Waals surface area contributed by atoms with E-state index in [1.54, 1.807) is 0 Å². The lowest BCUT2D eigenvalue weighted by molar-refractivity contribution is -0.539. The summed E-state index contributed by atoms with van der Waals surface area (Å²) in [7, 11) is -9.93. The van der Waals surface area contributed by atoms with E-state index in [-0.39, 0.29) is 11.6 Å². The minimum absolute atomic E-state index is 0.0231. The minimum Gasteiger partial charge on any atom is -0.744 e. The van der Waals surface area contributed by atoms with Gasteiger partial charge in [-0.05, 0) is 79.0 Å². The zero-order valence-corrected chi connectivity index (χ0v) is 27.7. The third-order valence-electron chi connectivity index (χ3n) is 7.88. The Kier molecular flexibility index (Phi) is 10.4. The van der Waals surface area contributed by atoms with E-state index in [9.17, 15) is 25.9 Å². The van der Waals surface area contributed by atoms with Crippen molar-refractivity contribution < 1.29 is 30.5 Å². The fourth-order valence-corrected chi connectivity index (χ4v) is 6.91. The quantitative estimate of drug-likeness (QED) is 0.138. The lowest BCUT2D eigenvalue weighted by Crippen LogP contribution is -2.19. The number of nitrogens with zero attached hydrogens (tertiary/aromatic N) is 1. The van der Waals surface area contributed by atoms with Crippen LogP contribution in [0, 0.1) is 0 Å². The fraction of sp³-hybridized carbons (Fsp3) is 0.162. The van der Waals surface area contributed by atoms with Gasteiger partial charge in [0.05, 0.1) is 9.79 Å². The first kappa shape index (κ1) is 33.7. The van der Waals surface area contributed by atoms with Crippen molar-refractivity contribution in [2.45, 2.75) is 42.6 Å². The van der Waals surface area contributed by atoms with Crippen LogP contribution in [0.4, 0.5) is 5.69 Å². The Hall–Kier alpha value is -4.61. The summed E-state index contributed by atoms with van der Waals surface area (Å²) < 4.78 is 73.1. The zero-order chi connectivity index (χ0) is 33.6. The molecule has 242 valence electrons. The molecule has 5 rings (SSSR count). The summed E-state index contributed by atoms with van der Waals surface area (Å²) in [6, 6.07) is 30.8. The van der Waals surface area contributed by atoms with Gasteiger partial charge in [0.15, 0.2) is 12.3 Å². The summed E-state index contributed by atoms with van der Waals surface area (Å²) in [5.41, 5.74) is 5.83. The van der Waals surface area contributed by atoms with Gasteiger partial charge >= 0.3 is 0 Å². The number of benzene rings is 4. The van der Waals surface area contributed by atoms with Crippen LogP contribution in [0.15, 0.2) is 143 Å². The minimum atomic E-state index is -5.16. The first-order chi connectivity index (χ1) is 22.4. The van der Waals surface area contributed by atoms with E-state index in [1.165, 1.54) is 11.6 Å². The molecule has 0 bridgehead atoms. The normalized spacial score (nSPS) is 13.8. The highest BCUT2D eigenvalue weighted by Crippen LogP contribution is 2.35. The van der Waals surface area contributed by atoms with Crippen molar-refractivity contribution in [3.63, 3.8) is 0 Å². The predicted molar refractivity (Wildman–Crippen MR) is 184 cm³/mol. The number of anilines is 1. The molecule has 2 N–H and O–H groups in total. The monoisotopic (exact) mass is 668 g/mol. The highest BCUT2D eigenvalue weighted by atomic mass is 32.2. The maximum Gasteiger partial charge on any atom is 0.294 e. The van der Waals surface area contributed by atoms with Gasteiger partial charge in [-0.1, -0.05) is 78.9 Å². The number of rotatable bonds is 11. The van der Waals surface area contributed by atoms with E-state index in [2.05, 4.69) is 48.0 Å². The van der Waals surface area contributed by atoms with E-state index in [0.29, 0.717) is 29.3 Å². The van der Waals surface area contributed by atoms with E-state index >= 15 is 0 Å². The molecule has 0 spiro atoms. The maximum absolute atomic E-state index is 12.5. The molecule has 1 atom stereocenters. The van der Waals surface area contributed by atoms with E-state index in [1.807, 2.05) is 85.0 Å². The van der Waals surface area contributed by atoms with Crippen LogP contribution in [0.1, 0.15) is 36.1 Å². The Balaban J connectivity index is 1.57. The molecule has 0 amide bonds. The molecule has 0 aromatic heterocycles. The van der Waals surface area contributed by atoms with Crippen molar-refractivity contribution in [3.8, 4) is 0 Å². The van der Waals surface area contributed by atoms with Gasteiger partial charge in [0.1, 0.15) is 16.7 Å². The standard InChI is InChI=1S/C37H36N2O6S2/c1-3-39(26-29-12-8-5-9-13-29)33-20-16-31(17-21-33)37(35-23-22-34(46(40,41)42)25-36(35)47(43,44)45)30-14-18-32(19-15-30)38-27(2)24-28-10-6-4-7-11-28/h4-23,25,27H,3,24,26H2,1-2H3,(H2,40,41,42,43,44,45). The summed E-state index contributed by atoms with van der Waals surface area (Å²) >= 11 is 0. The lowest BCUT2D eigenvalue weighted by Gasteiger charge is -2.20. The first-order valence-corrected chi connectivity index (χ1v) is 18.0. The van der Waals surface area contributed by atoms with Gasteiger partial charge < -0.3 is 9.87 Å². The van der Waals surface area contributed by atoms with Crippen molar-refractivity contribution >= 4 is 37.2 Å². The number of nitrogens with one attached hydrogen (secondary N) is 1. The number of allylic oxidation sites excluding steroid dienone is 5. The third-order valence-corrected chi connectivity index (χ3v) is 9.61. The summed E-state index contributed by atoms with van der Waals surface area (Å²) in [5, 5.41) is 3.49. The van der Waals surface area contributed by atoms with Gasteiger partial charge in [-0.3, -0.25) is 4.55 Å². The van der Waals surface area contributed by atoms with Crippen molar-refractivity contribution in [1.29, 1.82) is 0 Å². The molecule has 0 saturated heterocycles. The average Bonchev–Trinajstić information content (AvgIpc) is 3.05. The first-order valence-electron chi connectivity index (χ1n) is 15.2. The molecule has 8 nitrogen and oxygen atoms in total. The molecular formula is C37H36N2O6S2. The molecule has 0 saturated carbocycles. The highest BCUT2D eigenvalue weighted by molar-refractivity contribution is 7.86. The van der Waals surface area contributed by atoms with Crippen molar-refractivity contribution in [1.82, 2.24) is 0 Å². The molecule has 4 aromatic carbocycles. The van der Waals surface area contributed by atoms with Crippen LogP contribution in [0.25, 0.3) is 5.57 Å². The highest BCUT2D eigenvalue weighted by Gasteiger charge is 2.22. The molecule has 0 heterocycles. The Bertz CT molecular complexity index is 2070. The summed E-state index contributed by atoms with van der Waals surface area (Å²) in [4.78, 5) is -1.43. The average molecular weight is 669 g/mol. The Labute approximate surface area is 276 Å². The van der Waals surface area contributed by atoms with E-state index in [4.69, 9.17) is 0 Å². The molecule has 0 fully saturated rings. The van der Waals surface area contributed by atoms with Gasteiger partial charge in [0.25, 0.3) is 10.1 Å². The smallest absolute Gasteiger partial charge is 0.294 e. The van der Waals surface area contributed by atoms with Gasteiger partial charge in [0.2, 0.25) is 0 Å². The van der Waals surface area contributed by atoms with Crippen LogP contribution >= 0.6 is 0 Å². The second kappa shape index (κ2) is 14.4. The topological polar surface area (TPSA) is 127 Å². The Morgan fingerprint density at radius 3 is 1.96 bits per heavy atom. The molecule has 0 aliphatic heterocycles. The van der Waals surface area contributed by atoms with Crippen LogP contribution in [-0.2, 0) is 33.2 Å². The fourth-order valence-electron chi connectivity index (χ4n) is 5.62. The number of hydrogen-bond acceptors (Lipinski definition) is 6. The summed E-state index contributed by atoms with van der Waals surface area (Å²) in [5.74, 6) is 0. The SMILES string of the molecule is CC[N+](Cc1ccccc1)=C1C=CC(=C(c2ccc(NC(C)Cc3ccccc3)cc2)c2ccc(S(=O)(=O)O)cc2S(=O)(=O)[O-])C=C1. The van der Waals surface area contributed by atoms with Gasteiger partial charge in [0, 0.05) is 35.0 Å². The van der Waals surface area contributed by atoms with Crippen LogP contribution in [0.2, 0.25) is 0 Å². The van der Waals surface area contributed by atoms with Crippen LogP contribution < -0.4 is 5.32 Å². The van der Waals surface area contributed by atoms with E-state index < -0.39 is 30.0 Å². The molecule has 1 aliphatic rings. The molecule has 4 aromatic rings. The second-order valence-corrected chi connectivity index (χ2v) is 14.1. The van der Waals surface area contributed by atoms with Crippen molar-refractivity contribution in [2.24, 2.45) is 0 Å². The molecule has 1 aliphatic carbocycles. The molecule has 1 unspecified atom stereocenters. The molecule has 10 heteroatoms. The van der Waals surface area contributed by atoms with Gasteiger partial charge in [-0.15, -0.1) is 0 Å². The van der Waals surface area contributed by atoms with Crippen molar-refractivity contribution in [2.75, 3.05) is 11.9 Å². The maximum atomic E-state index is 12.5. The van der Waals surface area contributed by atoms with Crippen LogP contribution in [0.5, 0.6) is 0 Å². The second-order valence-electron chi connectivity index (χ2n) is 11.3. The number of hydrogen-bond donors (Lipinski definition) is 2. The summed E-state index contributed by atoms with van der Waals surface area (Å²) in [6.07, 6.45) is 8.38.